The summed E-state index contributed by atoms with van der Waals surface area (Å²) in [6, 6.07) is 4.76. The lowest BCUT2D eigenvalue weighted by Crippen LogP contribution is -2.27. The number of nitrogens with one attached hydrogen (secondary N) is 1. The molecule has 1 fully saturated rings. The highest BCUT2D eigenvalue weighted by atomic mass is 14.9. The predicted molar refractivity (Wildman–Crippen MR) is 53.3 cm³/mol. The monoisotopic (exact) mass is 176 g/mol. The summed E-state index contributed by atoms with van der Waals surface area (Å²) in [5.74, 6) is 0.927. The van der Waals surface area contributed by atoms with E-state index in [4.69, 9.17) is 0 Å². The van der Waals surface area contributed by atoms with Crippen molar-refractivity contribution < 1.29 is 0 Å². The Hall–Kier alpha value is -0.890. The van der Waals surface area contributed by atoms with Gasteiger partial charge in [-0.25, -0.2) is 0 Å². The van der Waals surface area contributed by atoms with Gasteiger partial charge in [-0.15, -0.1) is 0 Å². The van der Waals surface area contributed by atoms with Crippen LogP contribution in [0.1, 0.15) is 25.3 Å². The number of hydrogen-bond acceptors (Lipinski definition) is 2. The van der Waals surface area contributed by atoms with Crippen LogP contribution >= 0.6 is 0 Å². The number of pyridine rings is 1. The van der Waals surface area contributed by atoms with E-state index in [1.54, 1.807) is 0 Å². The zero-order chi connectivity index (χ0) is 9.10. The van der Waals surface area contributed by atoms with Crippen LogP contribution in [-0.2, 0) is 6.54 Å². The Kier molecular flexibility index (Phi) is 2.60. The van der Waals surface area contributed by atoms with Crippen LogP contribution in [0.3, 0.4) is 0 Å². The highest BCUT2D eigenvalue weighted by Crippen LogP contribution is 2.32. The van der Waals surface area contributed by atoms with Crippen LogP contribution in [0.25, 0.3) is 0 Å². The van der Waals surface area contributed by atoms with E-state index >= 15 is 0 Å². The number of hydrogen-bond donors (Lipinski definition) is 1. The van der Waals surface area contributed by atoms with Crippen molar-refractivity contribution in [3.63, 3.8) is 0 Å². The summed E-state index contributed by atoms with van der Waals surface area (Å²) < 4.78 is 0. The van der Waals surface area contributed by atoms with Crippen molar-refractivity contribution >= 4 is 0 Å². The van der Waals surface area contributed by atoms with Crippen molar-refractivity contribution in [2.75, 3.05) is 0 Å². The molecule has 0 radical (unpaired) electrons. The summed E-state index contributed by atoms with van der Waals surface area (Å²) in [4.78, 5) is 4.08. The summed E-state index contributed by atoms with van der Waals surface area (Å²) in [6.45, 7) is 3.22. The van der Waals surface area contributed by atoms with Crippen molar-refractivity contribution in [1.82, 2.24) is 10.3 Å². The normalized spacial score (nSPS) is 18.5. The Balaban J connectivity index is 1.78. The van der Waals surface area contributed by atoms with Crippen LogP contribution in [0, 0.1) is 5.92 Å². The van der Waals surface area contributed by atoms with Crippen molar-refractivity contribution in [3.8, 4) is 0 Å². The molecule has 0 spiro atoms. The Morgan fingerprint density at radius 3 is 3.08 bits per heavy atom. The van der Waals surface area contributed by atoms with Gasteiger partial charge in [0.15, 0.2) is 0 Å². The maximum Gasteiger partial charge on any atom is 0.0312 e. The van der Waals surface area contributed by atoms with E-state index in [1.807, 2.05) is 18.5 Å². The molecule has 0 aromatic carbocycles. The predicted octanol–water partition coefficient (Wildman–Crippen LogP) is 1.97. The van der Waals surface area contributed by atoms with Crippen molar-refractivity contribution in [3.05, 3.63) is 30.1 Å². The molecule has 1 atom stereocenters. The topological polar surface area (TPSA) is 24.9 Å². The zero-order valence-electron chi connectivity index (χ0n) is 8.03. The van der Waals surface area contributed by atoms with Crippen molar-refractivity contribution in [1.29, 1.82) is 0 Å². The van der Waals surface area contributed by atoms with Crippen LogP contribution in [0.4, 0.5) is 0 Å². The van der Waals surface area contributed by atoms with Gasteiger partial charge in [0.25, 0.3) is 0 Å². The minimum absolute atomic E-state index is 0.667. The summed E-state index contributed by atoms with van der Waals surface area (Å²) in [5.41, 5.74) is 1.27. The number of nitrogens with zero attached hydrogens (tertiary/aromatic N) is 1. The molecule has 0 saturated heterocycles. The van der Waals surface area contributed by atoms with E-state index in [0.29, 0.717) is 6.04 Å². The van der Waals surface area contributed by atoms with Gasteiger partial charge in [-0.1, -0.05) is 6.07 Å². The molecule has 1 aromatic heterocycles. The third-order valence-corrected chi connectivity index (χ3v) is 2.68. The third kappa shape index (κ3) is 2.52. The largest absolute Gasteiger partial charge is 0.310 e. The van der Waals surface area contributed by atoms with Crippen LogP contribution in [0.2, 0.25) is 0 Å². The van der Waals surface area contributed by atoms with E-state index in [9.17, 15) is 0 Å². The summed E-state index contributed by atoms with van der Waals surface area (Å²) in [5, 5.41) is 3.52. The molecule has 1 aliphatic rings. The molecule has 70 valence electrons. The Morgan fingerprint density at radius 1 is 1.62 bits per heavy atom. The van der Waals surface area contributed by atoms with E-state index in [0.717, 1.165) is 12.5 Å². The standard InChI is InChI=1S/C11H16N2/c1-9(11-4-5-11)13-8-10-3-2-6-12-7-10/h2-3,6-7,9,11,13H,4-5,8H2,1H3/t9-/m0/s1. The van der Waals surface area contributed by atoms with Gasteiger partial charge in [0.2, 0.25) is 0 Å². The molecule has 13 heavy (non-hydrogen) atoms. The summed E-state index contributed by atoms with van der Waals surface area (Å²) >= 11 is 0. The Labute approximate surface area is 79.4 Å². The Bertz CT molecular complexity index is 254. The molecule has 0 amide bonds. The molecule has 2 rings (SSSR count). The lowest BCUT2D eigenvalue weighted by Gasteiger charge is -2.11. The van der Waals surface area contributed by atoms with Gasteiger partial charge >= 0.3 is 0 Å². The van der Waals surface area contributed by atoms with Crippen LogP contribution in [0.5, 0.6) is 0 Å². The first-order chi connectivity index (χ1) is 6.36. The van der Waals surface area contributed by atoms with Crippen LogP contribution < -0.4 is 5.32 Å². The van der Waals surface area contributed by atoms with Gasteiger partial charge in [0, 0.05) is 25.0 Å². The minimum atomic E-state index is 0.667. The smallest absolute Gasteiger partial charge is 0.0312 e. The average Bonchev–Trinajstić information content (AvgIpc) is 2.99. The molecule has 0 bridgehead atoms. The van der Waals surface area contributed by atoms with E-state index in [1.165, 1.54) is 18.4 Å². The van der Waals surface area contributed by atoms with E-state index < -0.39 is 0 Å². The van der Waals surface area contributed by atoms with Gasteiger partial charge in [-0.3, -0.25) is 4.98 Å². The van der Waals surface area contributed by atoms with Gasteiger partial charge in [0.05, 0.1) is 0 Å². The lowest BCUT2D eigenvalue weighted by molar-refractivity contribution is 0.496. The van der Waals surface area contributed by atoms with Gasteiger partial charge in [-0.2, -0.15) is 0 Å². The third-order valence-electron chi connectivity index (χ3n) is 2.68. The average molecular weight is 176 g/mol. The molecule has 1 saturated carbocycles. The lowest BCUT2D eigenvalue weighted by atomic mass is 10.2. The SMILES string of the molecule is C[C@H](NCc1cccnc1)C1CC1. The second-order valence-corrected chi connectivity index (χ2v) is 3.87. The fourth-order valence-corrected chi connectivity index (χ4v) is 1.54. The summed E-state index contributed by atoms with van der Waals surface area (Å²) in [6.07, 6.45) is 6.54. The zero-order valence-corrected chi connectivity index (χ0v) is 8.03. The second kappa shape index (κ2) is 3.88. The first kappa shape index (κ1) is 8.70. The maximum atomic E-state index is 4.08. The molecular weight excluding hydrogens is 160 g/mol. The van der Waals surface area contributed by atoms with Crippen LogP contribution in [0.15, 0.2) is 24.5 Å². The van der Waals surface area contributed by atoms with Gasteiger partial charge < -0.3 is 5.32 Å². The summed E-state index contributed by atoms with van der Waals surface area (Å²) in [7, 11) is 0. The van der Waals surface area contributed by atoms with E-state index in [2.05, 4.69) is 23.3 Å². The molecule has 1 aromatic rings. The first-order valence-electron chi connectivity index (χ1n) is 4.98. The Morgan fingerprint density at radius 2 is 2.46 bits per heavy atom. The molecule has 0 unspecified atom stereocenters. The molecule has 2 nitrogen and oxygen atoms in total. The fourth-order valence-electron chi connectivity index (χ4n) is 1.54. The van der Waals surface area contributed by atoms with E-state index in [-0.39, 0.29) is 0 Å². The molecular formula is C11H16N2. The highest BCUT2D eigenvalue weighted by Gasteiger charge is 2.27. The quantitative estimate of drug-likeness (QED) is 0.758. The van der Waals surface area contributed by atoms with Gasteiger partial charge in [0.1, 0.15) is 0 Å². The van der Waals surface area contributed by atoms with Gasteiger partial charge in [-0.05, 0) is 37.3 Å². The highest BCUT2D eigenvalue weighted by molar-refractivity contribution is 5.08. The fraction of sp³-hybridized carbons (Fsp3) is 0.545. The molecule has 0 aliphatic heterocycles. The van der Waals surface area contributed by atoms with Crippen molar-refractivity contribution in [2.45, 2.75) is 32.4 Å². The number of aromatic nitrogens is 1. The molecule has 1 aliphatic carbocycles. The molecule has 1 N–H and O–H groups in total. The van der Waals surface area contributed by atoms with Crippen LogP contribution in [-0.4, -0.2) is 11.0 Å². The van der Waals surface area contributed by atoms with Crippen molar-refractivity contribution in [2.24, 2.45) is 5.92 Å². The second-order valence-electron chi connectivity index (χ2n) is 3.87. The number of rotatable bonds is 4. The maximum absolute atomic E-state index is 4.08. The molecule has 2 heteroatoms. The first-order valence-corrected chi connectivity index (χ1v) is 4.98. The molecule has 1 heterocycles. The minimum Gasteiger partial charge on any atom is -0.310 e.